The lowest BCUT2D eigenvalue weighted by molar-refractivity contribution is -0.109. The van der Waals surface area contributed by atoms with Crippen molar-refractivity contribution in [1.29, 1.82) is 0 Å². The molecule has 1 aromatic carbocycles. The Hall–Kier alpha value is -1.97. The van der Waals surface area contributed by atoms with Gasteiger partial charge in [0.2, 0.25) is 6.41 Å². The normalized spacial score (nSPS) is 12.3. The van der Waals surface area contributed by atoms with Gasteiger partial charge in [-0.1, -0.05) is 6.92 Å². The average molecular weight is 246 g/mol. The van der Waals surface area contributed by atoms with Crippen LogP contribution < -0.4 is 10.1 Å². The third-order valence-corrected chi connectivity index (χ3v) is 3.30. The fraction of sp³-hybridized carbons (Fsp3) is 0.357. The molecule has 0 fully saturated rings. The smallest absolute Gasteiger partial charge is 0.207 e. The first-order chi connectivity index (χ1) is 8.80. The van der Waals surface area contributed by atoms with E-state index in [2.05, 4.69) is 17.2 Å². The van der Waals surface area contributed by atoms with Gasteiger partial charge < -0.3 is 15.0 Å². The molecule has 1 aromatic heterocycles. The Bertz CT molecular complexity index is 534. The van der Waals surface area contributed by atoms with Crippen molar-refractivity contribution >= 4 is 17.3 Å². The van der Waals surface area contributed by atoms with Gasteiger partial charge in [0.05, 0.1) is 7.11 Å². The molecular weight excluding hydrogens is 228 g/mol. The highest BCUT2D eigenvalue weighted by Gasteiger charge is 2.14. The quantitative estimate of drug-likeness (QED) is 0.769. The number of fused-ring (bicyclic) bond motifs is 1. The van der Waals surface area contributed by atoms with Crippen LogP contribution >= 0.6 is 0 Å². The molecule has 0 bridgehead atoms. The van der Waals surface area contributed by atoms with Crippen molar-refractivity contribution < 1.29 is 9.53 Å². The second kappa shape index (κ2) is 5.58. The van der Waals surface area contributed by atoms with Crippen LogP contribution in [0.15, 0.2) is 24.4 Å². The van der Waals surface area contributed by atoms with Gasteiger partial charge in [0.25, 0.3) is 0 Å². The van der Waals surface area contributed by atoms with Crippen molar-refractivity contribution in [1.82, 2.24) is 10.3 Å². The molecule has 0 radical (unpaired) electrons. The minimum absolute atomic E-state index is 0.316. The summed E-state index contributed by atoms with van der Waals surface area (Å²) in [6.45, 7) is 2.78. The zero-order valence-electron chi connectivity index (χ0n) is 10.7. The van der Waals surface area contributed by atoms with Crippen LogP contribution in [0, 0.1) is 0 Å². The van der Waals surface area contributed by atoms with Gasteiger partial charge in [0.15, 0.2) is 0 Å². The van der Waals surface area contributed by atoms with E-state index in [1.807, 2.05) is 24.4 Å². The molecule has 4 nitrogen and oxygen atoms in total. The predicted octanol–water partition coefficient (Wildman–Crippen LogP) is 2.42. The molecule has 0 aliphatic heterocycles. The lowest BCUT2D eigenvalue weighted by Crippen LogP contribution is -2.19. The molecule has 1 unspecified atom stereocenters. The van der Waals surface area contributed by atoms with Crippen LogP contribution in [0.4, 0.5) is 0 Å². The number of carbonyl (C=O) groups is 1. The van der Waals surface area contributed by atoms with E-state index in [0.29, 0.717) is 12.5 Å². The number of amides is 1. The summed E-state index contributed by atoms with van der Waals surface area (Å²) in [6, 6.07) is 5.98. The van der Waals surface area contributed by atoms with Gasteiger partial charge >= 0.3 is 0 Å². The fourth-order valence-electron chi connectivity index (χ4n) is 2.25. The van der Waals surface area contributed by atoms with E-state index in [0.717, 1.165) is 29.5 Å². The van der Waals surface area contributed by atoms with Crippen LogP contribution in [0.3, 0.4) is 0 Å². The van der Waals surface area contributed by atoms with Crippen molar-refractivity contribution in [3.63, 3.8) is 0 Å². The molecule has 0 saturated carbocycles. The van der Waals surface area contributed by atoms with Crippen LogP contribution in [0.25, 0.3) is 10.9 Å². The summed E-state index contributed by atoms with van der Waals surface area (Å²) in [5, 5.41) is 3.92. The second-order valence-corrected chi connectivity index (χ2v) is 4.29. The summed E-state index contributed by atoms with van der Waals surface area (Å²) in [5.41, 5.74) is 2.32. The van der Waals surface area contributed by atoms with Crippen LogP contribution in [-0.2, 0) is 4.79 Å². The van der Waals surface area contributed by atoms with Crippen molar-refractivity contribution in [3.05, 3.63) is 30.0 Å². The van der Waals surface area contributed by atoms with Crippen LogP contribution in [0.5, 0.6) is 5.75 Å². The molecule has 0 saturated heterocycles. The highest BCUT2D eigenvalue weighted by molar-refractivity contribution is 5.85. The number of nitrogens with one attached hydrogen (secondary N) is 2. The zero-order valence-corrected chi connectivity index (χ0v) is 10.7. The lowest BCUT2D eigenvalue weighted by atomic mass is 9.96. The molecule has 4 heteroatoms. The second-order valence-electron chi connectivity index (χ2n) is 4.29. The van der Waals surface area contributed by atoms with Gasteiger partial charge in [0, 0.05) is 29.6 Å². The van der Waals surface area contributed by atoms with Gasteiger partial charge in [-0.05, 0) is 30.2 Å². The summed E-state index contributed by atoms with van der Waals surface area (Å²) in [6.07, 6.45) is 3.74. The molecule has 1 amide bonds. The minimum atomic E-state index is 0.316. The summed E-state index contributed by atoms with van der Waals surface area (Å²) < 4.78 is 5.26. The van der Waals surface area contributed by atoms with E-state index in [1.165, 1.54) is 5.56 Å². The Morgan fingerprint density at radius 3 is 3.00 bits per heavy atom. The van der Waals surface area contributed by atoms with Crippen LogP contribution in [-0.4, -0.2) is 25.0 Å². The summed E-state index contributed by atoms with van der Waals surface area (Å²) in [4.78, 5) is 13.7. The molecule has 2 N–H and O–H groups in total. The van der Waals surface area contributed by atoms with Gasteiger partial charge in [-0.2, -0.15) is 0 Å². The largest absolute Gasteiger partial charge is 0.497 e. The van der Waals surface area contributed by atoms with Gasteiger partial charge in [-0.15, -0.1) is 0 Å². The van der Waals surface area contributed by atoms with E-state index in [9.17, 15) is 4.79 Å². The average Bonchev–Trinajstić information content (AvgIpc) is 2.83. The van der Waals surface area contributed by atoms with Gasteiger partial charge in [-0.25, -0.2) is 0 Å². The molecule has 96 valence electrons. The fourth-order valence-corrected chi connectivity index (χ4v) is 2.25. The maximum atomic E-state index is 10.4. The van der Waals surface area contributed by atoms with E-state index in [1.54, 1.807) is 7.11 Å². The van der Waals surface area contributed by atoms with E-state index in [-0.39, 0.29) is 0 Å². The molecule has 0 spiro atoms. The Kier molecular flexibility index (Phi) is 3.87. The number of ether oxygens (including phenoxy) is 1. The first kappa shape index (κ1) is 12.5. The molecule has 1 heterocycles. The first-order valence-electron chi connectivity index (χ1n) is 6.12. The number of rotatable bonds is 6. The van der Waals surface area contributed by atoms with E-state index < -0.39 is 0 Å². The zero-order chi connectivity index (χ0) is 13.0. The molecule has 2 aromatic rings. The minimum Gasteiger partial charge on any atom is -0.497 e. The van der Waals surface area contributed by atoms with Crippen molar-refractivity contribution in [2.75, 3.05) is 13.7 Å². The molecule has 18 heavy (non-hydrogen) atoms. The molecular formula is C14H18N2O2. The Morgan fingerprint density at radius 2 is 2.33 bits per heavy atom. The SMILES string of the molecule is CCC(CNC=O)c1c[nH]c2ccc(OC)cc12. The highest BCUT2D eigenvalue weighted by Crippen LogP contribution is 2.30. The number of methoxy groups -OCH3 is 1. The number of hydrogen-bond donors (Lipinski definition) is 2. The van der Waals surface area contributed by atoms with E-state index >= 15 is 0 Å². The third-order valence-electron chi connectivity index (χ3n) is 3.30. The monoisotopic (exact) mass is 246 g/mol. The number of aromatic amines is 1. The summed E-state index contributed by atoms with van der Waals surface area (Å²) >= 11 is 0. The maximum Gasteiger partial charge on any atom is 0.207 e. The van der Waals surface area contributed by atoms with Gasteiger partial charge in [-0.3, -0.25) is 4.79 Å². The number of H-pyrrole nitrogens is 1. The maximum absolute atomic E-state index is 10.4. The van der Waals surface area contributed by atoms with Crippen molar-refractivity contribution in [2.45, 2.75) is 19.3 Å². The Labute approximate surface area is 106 Å². The number of aromatic nitrogens is 1. The number of hydrogen-bond acceptors (Lipinski definition) is 2. The lowest BCUT2D eigenvalue weighted by Gasteiger charge is -2.13. The van der Waals surface area contributed by atoms with Crippen molar-refractivity contribution in [3.8, 4) is 5.75 Å². The van der Waals surface area contributed by atoms with Crippen LogP contribution in [0.2, 0.25) is 0 Å². The molecule has 0 aliphatic carbocycles. The standard InChI is InChI=1S/C14H18N2O2/c1-3-10(7-15-9-17)13-8-16-14-5-4-11(18-2)6-12(13)14/h4-6,8-10,16H,3,7H2,1-2H3,(H,15,17). The topological polar surface area (TPSA) is 54.1 Å². The van der Waals surface area contributed by atoms with Gasteiger partial charge in [0.1, 0.15) is 5.75 Å². The third kappa shape index (κ3) is 2.32. The predicted molar refractivity (Wildman–Crippen MR) is 71.9 cm³/mol. The number of benzene rings is 1. The highest BCUT2D eigenvalue weighted by atomic mass is 16.5. The first-order valence-corrected chi connectivity index (χ1v) is 6.12. The molecule has 0 aliphatic rings. The molecule has 2 rings (SSSR count). The Morgan fingerprint density at radius 1 is 1.50 bits per heavy atom. The van der Waals surface area contributed by atoms with Crippen LogP contribution in [0.1, 0.15) is 24.8 Å². The molecule has 1 atom stereocenters. The number of carbonyl (C=O) groups excluding carboxylic acids is 1. The van der Waals surface area contributed by atoms with Crippen molar-refractivity contribution in [2.24, 2.45) is 0 Å². The van der Waals surface area contributed by atoms with E-state index in [4.69, 9.17) is 4.74 Å². The summed E-state index contributed by atoms with van der Waals surface area (Å²) in [7, 11) is 1.67. The summed E-state index contributed by atoms with van der Waals surface area (Å²) in [5.74, 6) is 1.16. The Balaban J connectivity index is 2.38.